The van der Waals surface area contributed by atoms with E-state index in [4.69, 9.17) is 39.4 Å². The molecule has 118 heavy (non-hydrogen) atoms. The van der Waals surface area contributed by atoms with Gasteiger partial charge in [0, 0.05) is 89.6 Å². The first-order valence-corrected chi connectivity index (χ1v) is 40.1. The lowest BCUT2D eigenvalue weighted by Crippen LogP contribution is -2.13. The second-order valence-electron chi connectivity index (χ2n) is 30.3. The van der Waals surface area contributed by atoms with Crippen molar-refractivity contribution < 1.29 is 9.47 Å². The molecule has 0 fully saturated rings. The molecule has 4 unspecified atom stereocenters. The predicted molar refractivity (Wildman–Crippen MR) is 476 cm³/mol. The molecule has 15 aromatic carbocycles. The SMILES string of the molecule is C1=CC2c3cc(-c4nc(-c5ccccc5)nc(-c5ccc(-c6ccccc6)cc5)n4)ccc3OC2c2c1n(-c1ccc(-c3cccc(-c4ccccc4)c3)cc1)c1ccccc21.C1=CC2c3cc(-c4nc(-c5ccccc5)nc(-c5ccccc5)n4)ccc3OC2c2c1n(-c1ccc(-c3cccc(-c4ccccc4)c3)cc1)c1ccccc21. The lowest BCUT2D eigenvalue weighted by Gasteiger charge is -2.22. The Bertz CT molecular complexity index is 7030. The fourth-order valence-corrected chi connectivity index (χ4v) is 17.5. The fraction of sp³-hybridized carbons (Fsp3) is 0.0370. The van der Waals surface area contributed by atoms with E-state index < -0.39 is 0 Å². The van der Waals surface area contributed by atoms with Crippen molar-refractivity contribution in [1.82, 2.24) is 39.0 Å². The summed E-state index contributed by atoms with van der Waals surface area (Å²) in [5.41, 5.74) is 29.1. The third kappa shape index (κ3) is 12.6. The zero-order chi connectivity index (χ0) is 78.0. The van der Waals surface area contributed by atoms with Gasteiger partial charge in [-0.2, -0.15) is 0 Å². The fourth-order valence-electron chi connectivity index (χ4n) is 17.5. The molecule has 6 heterocycles. The van der Waals surface area contributed by atoms with E-state index in [0.29, 0.717) is 34.9 Å². The van der Waals surface area contributed by atoms with Crippen molar-refractivity contribution in [2.24, 2.45) is 0 Å². The van der Waals surface area contributed by atoms with Crippen LogP contribution in [0.5, 0.6) is 11.5 Å². The Morgan fingerprint density at radius 3 is 0.822 bits per heavy atom. The zero-order valence-corrected chi connectivity index (χ0v) is 64.0. The molecule has 19 aromatic rings. The maximum Gasteiger partial charge on any atom is 0.164 e. The molecule has 2 aliphatic carbocycles. The Morgan fingerprint density at radius 1 is 0.212 bits per heavy atom. The minimum atomic E-state index is -0.177. The highest BCUT2D eigenvalue weighted by atomic mass is 16.5. The number of rotatable bonds is 13. The summed E-state index contributed by atoms with van der Waals surface area (Å²) in [5.74, 6) is 5.66. The van der Waals surface area contributed by atoms with Crippen LogP contribution in [0.1, 0.15) is 57.7 Å². The highest BCUT2D eigenvalue weighted by Crippen LogP contribution is 2.56. The van der Waals surface area contributed by atoms with E-state index in [2.05, 4.69) is 325 Å². The zero-order valence-electron chi connectivity index (χ0n) is 64.0. The van der Waals surface area contributed by atoms with Gasteiger partial charge < -0.3 is 18.6 Å². The van der Waals surface area contributed by atoms with Gasteiger partial charge >= 0.3 is 0 Å². The van der Waals surface area contributed by atoms with Crippen LogP contribution in [0.2, 0.25) is 0 Å². The second-order valence-corrected chi connectivity index (χ2v) is 30.3. The molecule has 0 bridgehead atoms. The van der Waals surface area contributed by atoms with E-state index in [1.807, 2.05) is 97.1 Å². The normalized spacial score (nSPS) is 15.0. The first-order valence-electron chi connectivity index (χ1n) is 40.1. The first-order chi connectivity index (χ1) is 58.5. The van der Waals surface area contributed by atoms with Crippen molar-refractivity contribution in [2.75, 3.05) is 0 Å². The van der Waals surface area contributed by atoms with Gasteiger partial charge in [0.2, 0.25) is 0 Å². The lowest BCUT2D eigenvalue weighted by molar-refractivity contribution is 0.224. The second kappa shape index (κ2) is 29.5. The summed E-state index contributed by atoms with van der Waals surface area (Å²) in [6, 6.07) is 136. The third-order valence-electron chi connectivity index (χ3n) is 23.3. The molecule has 10 heteroatoms. The third-order valence-corrected chi connectivity index (χ3v) is 23.3. The number of benzene rings is 15. The van der Waals surface area contributed by atoms with Crippen LogP contribution < -0.4 is 9.47 Å². The molecule has 0 radical (unpaired) electrons. The van der Waals surface area contributed by atoms with Crippen LogP contribution in [-0.4, -0.2) is 39.0 Å². The quantitative estimate of drug-likeness (QED) is 0.112. The molecular formula is C108H72N8O2. The van der Waals surface area contributed by atoms with Gasteiger partial charge in [-0.05, 0) is 153 Å². The van der Waals surface area contributed by atoms with E-state index in [1.165, 1.54) is 72.0 Å². The minimum Gasteiger partial charge on any atom is -0.484 e. The Kier molecular flexibility index (Phi) is 17.3. The summed E-state index contributed by atoms with van der Waals surface area (Å²) in [4.78, 5) is 30.1. The van der Waals surface area contributed by atoms with Crippen molar-refractivity contribution in [3.63, 3.8) is 0 Å². The van der Waals surface area contributed by atoms with Crippen molar-refractivity contribution in [2.45, 2.75) is 24.0 Å². The Hall–Kier alpha value is -15.5. The standard InChI is InChI=1S/C57H38N4O.C51H34N4O/c1-4-13-37(14-5-1)39-23-25-42(26-24-39)56-58-55(41-17-8-3-9-18-41)59-57(60-56)45-29-34-52-49(36-45)47-32-33-51-53(54(47)62-52)48-21-10-11-22-50(48)61(51)46-30-27-40(28-31-46)44-20-12-19-43(35-44)38-15-6-2-7-16-38;1-4-13-33(14-5-1)37-19-12-20-38(31-37)34-23-26-40(27-24-34)55-44-22-11-10-21-42(44)47-45(55)29-28-41-43-32-39(25-30-46(43)56-48(41)47)51-53-49(35-15-6-2-7-16-35)52-50(54-51)36-17-8-3-9-18-36/h1-36,47,54H;1-32,41,48H. The van der Waals surface area contributed by atoms with Gasteiger partial charge in [0.1, 0.15) is 23.7 Å². The van der Waals surface area contributed by atoms with E-state index in [-0.39, 0.29) is 24.0 Å². The van der Waals surface area contributed by atoms with E-state index in [9.17, 15) is 0 Å². The molecule has 0 N–H and O–H groups in total. The van der Waals surface area contributed by atoms with Gasteiger partial charge in [0.25, 0.3) is 0 Å². The van der Waals surface area contributed by atoms with Crippen LogP contribution in [0.4, 0.5) is 0 Å². The molecule has 23 rings (SSSR count). The van der Waals surface area contributed by atoms with Crippen molar-refractivity contribution in [3.05, 3.63) is 434 Å². The van der Waals surface area contributed by atoms with Gasteiger partial charge in [-0.1, -0.05) is 315 Å². The van der Waals surface area contributed by atoms with Crippen molar-refractivity contribution >= 4 is 34.0 Å². The molecule has 0 amide bonds. The number of hydrogen-bond acceptors (Lipinski definition) is 8. The number of hydrogen-bond donors (Lipinski definition) is 0. The van der Waals surface area contributed by atoms with Gasteiger partial charge in [0.05, 0.1) is 22.4 Å². The van der Waals surface area contributed by atoms with E-state index in [0.717, 1.165) is 95.4 Å². The molecule has 0 saturated heterocycles. The first kappa shape index (κ1) is 69.2. The Morgan fingerprint density at radius 2 is 0.466 bits per heavy atom. The van der Waals surface area contributed by atoms with Crippen molar-refractivity contribution in [1.29, 1.82) is 0 Å². The van der Waals surface area contributed by atoms with Crippen LogP contribution in [0.15, 0.2) is 400 Å². The summed E-state index contributed by atoms with van der Waals surface area (Å²) in [6.45, 7) is 0. The summed E-state index contributed by atoms with van der Waals surface area (Å²) in [7, 11) is 0. The molecule has 4 atom stereocenters. The van der Waals surface area contributed by atoms with Crippen molar-refractivity contribution in [3.8, 4) is 147 Å². The van der Waals surface area contributed by atoms with Gasteiger partial charge in [-0.3, -0.25) is 0 Å². The summed E-state index contributed by atoms with van der Waals surface area (Å²) in [5, 5.41) is 2.40. The molecule has 0 spiro atoms. The predicted octanol–water partition coefficient (Wildman–Crippen LogP) is 26.5. The number of ether oxygens (including phenoxy) is 2. The van der Waals surface area contributed by atoms with Gasteiger partial charge in [-0.15, -0.1) is 0 Å². The monoisotopic (exact) mass is 1510 g/mol. The average molecular weight is 1510 g/mol. The Balaban J connectivity index is 0.000000143. The summed E-state index contributed by atoms with van der Waals surface area (Å²) in [6.07, 6.45) is 8.84. The maximum atomic E-state index is 6.93. The number of aromatic nitrogens is 8. The topological polar surface area (TPSA) is 106 Å². The highest BCUT2D eigenvalue weighted by Gasteiger charge is 2.42. The minimum absolute atomic E-state index is 0.0244. The molecule has 556 valence electrons. The highest BCUT2D eigenvalue weighted by molar-refractivity contribution is 5.94. The summed E-state index contributed by atoms with van der Waals surface area (Å²) < 4.78 is 18.6. The lowest BCUT2D eigenvalue weighted by atomic mass is 9.85. The molecule has 4 aromatic heterocycles. The largest absolute Gasteiger partial charge is 0.484 e. The Labute approximate surface area is 683 Å². The number of para-hydroxylation sites is 2. The van der Waals surface area contributed by atoms with Crippen LogP contribution in [0.3, 0.4) is 0 Å². The van der Waals surface area contributed by atoms with Crippen LogP contribution >= 0.6 is 0 Å². The molecule has 10 nitrogen and oxygen atoms in total. The average Bonchev–Trinajstić information content (AvgIpc) is 1.56. The van der Waals surface area contributed by atoms with E-state index >= 15 is 0 Å². The molecule has 4 aliphatic rings. The molecule has 0 saturated carbocycles. The van der Waals surface area contributed by atoms with Crippen LogP contribution in [-0.2, 0) is 0 Å². The number of fused-ring (bicyclic) bond motifs is 14. The maximum absolute atomic E-state index is 6.93. The van der Waals surface area contributed by atoms with Crippen LogP contribution in [0, 0.1) is 0 Å². The molecular weight excluding hydrogens is 1440 g/mol. The molecule has 2 aliphatic heterocycles. The smallest absolute Gasteiger partial charge is 0.164 e. The van der Waals surface area contributed by atoms with Crippen LogP contribution in [0.25, 0.3) is 169 Å². The van der Waals surface area contributed by atoms with Gasteiger partial charge in [-0.25, -0.2) is 29.9 Å². The van der Waals surface area contributed by atoms with Gasteiger partial charge in [0.15, 0.2) is 34.9 Å². The summed E-state index contributed by atoms with van der Waals surface area (Å²) >= 11 is 0. The number of nitrogens with zero attached hydrogens (tertiary/aromatic N) is 8. The van der Waals surface area contributed by atoms with E-state index in [1.54, 1.807) is 0 Å².